The van der Waals surface area contributed by atoms with Crippen LogP contribution in [0, 0.1) is 5.82 Å². The molecule has 2 aromatic carbocycles. The van der Waals surface area contributed by atoms with Gasteiger partial charge in [-0.05, 0) is 35.9 Å². The van der Waals surface area contributed by atoms with E-state index >= 15 is 0 Å². The predicted molar refractivity (Wildman–Crippen MR) is 84.5 cm³/mol. The van der Waals surface area contributed by atoms with Crippen LogP contribution in [0.1, 0.15) is 0 Å². The first-order valence-electron chi connectivity index (χ1n) is 6.02. The molecule has 0 atom stereocenters. The van der Waals surface area contributed by atoms with Crippen LogP contribution in [0.25, 0.3) is 22.5 Å². The van der Waals surface area contributed by atoms with Gasteiger partial charge in [0.2, 0.25) is 0 Å². The van der Waals surface area contributed by atoms with Crippen LogP contribution in [-0.2, 0) is 0 Å². The number of hydrogen-bond donors (Lipinski definition) is 1. The lowest BCUT2D eigenvalue weighted by Gasteiger charge is -2.04. The van der Waals surface area contributed by atoms with Crippen molar-refractivity contribution >= 4 is 33.3 Å². The molecule has 0 saturated carbocycles. The van der Waals surface area contributed by atoms with Gasteiger partial charge in [-0.2, -0.15) is 0 Å². The van der Waals surface area contributed by atoms with Crippen LogP contribution in [0.4, 0.5) is 10.2 Å². The highest BCUT2D eigenvalue weighted by molar-refractivity contribution is 9.10. The zero-order chi connectivity index (χ0) is 15.0. The molecule has 0 bridgehead atoms. The van der Waals surface area contributed by atoms with Crippen LogP contribution < -0.4 is 5.73 Å². The van der Waals surface area contributed by atoms with E-state index in [1.165, 1.54) is 12.1 Å². The molecule has 0 radical (unpaired) electrons. The molecule has 0 aliphatic carbocycles. The van der Waals surface area contributed by atoms with Crippen molar-refractivity contribution in [2.45, 2.75) is 0 Å². The van der Waals surface area contributed by atoms with E-state index < -0.39 is 0 Å². The number of hydrogen-bond acceptors (Lipinski definition) is 3. The Morgan fingerprint density at radius 2 is 1.95 bits per heavy atom. The molecule has 0 fully saturated rings. The molecule has 0 saturated heterocycles. The standard InChI is InChI=1S/C15H9BrClFN2O/c16-10-4-9(6-12(18)7-10)14-13(15(19)20-21-14)8-2-1-3-11(17)5-8/h1-7H,(H2,19,20). The third-order valence-corrected chi connectivity index (χ3v) is 3.65. The number of nitrogens with two attached hydrogens (primary N) is 1. The van der Waals surface area contributed by atoms with Gasteiger partial charge in [0.1, 0.15) is 5.82 Å². The van der Waals surface area contributed by atoms with Gasteiger partial charge in [0.25, 0.3) is 0 Å². The predicted octanol–water partition coefficient (Wildman–Crippen LogP) is 5.15. The number of anilines is 1. The number of rotatable bonds is 2. The van der Waals surface area contributed by atoms with Crippen LogP contribution in [-0.4, -0.2) is 5.16 Å². The van der Waals surface area contributed by atoms with Crippen molar-refractivity contribution in [3.8, 4) is 22.5 Å². The first-order chi connectivity index (χ1) is 10.0. The minimum atomic E-state index is -0.383. The minimum Gasteiger partial charge on any atom is -0.380 e. The number of nitrogens with zero attached hydrogens (tertiary/aromatic N) is 1. The molecule has 106 valence electrons. The van der Waals surface area contributed by atoms with Gasteiger partial charge in [-0.3, -0.25) is 0 Å². The first kappa shape index (κ1) is 14.1. The zero-order valence-electron chi connectivity index (χ0n) is 10.6. The van der Waals surface area contributed by atoms with Crippen LogP contribution in [0.3, 0.4) is 0 Å². The van der Waals surface area contributed by atoms with Crippen molar-refractivity contribution in [1.29, 1.82) is 0 Å². The van der Waals surface area contributed by atoms with Gasteiger partial charge in [0.15, 0.2) is 11.6 Å². The molecular formula is C15H9BrClFN2O. The monoisotopic (exact) mass is 366 g/mol. The summed E-state index contributed by atoms with van der Waals surface area (Å²) < 4.78 is 19.5. The first-order valence-corrected chi connectivity index (χ1v) is 7.19. The number of halogens is 3. The highest BCUT2D eigenvalue weighted by atomic mass is 79.9. The maximum Gasteiger partial charge on any atom is 0.177 e. The van der Waals surface area contributed by atoms with Gasteiger partial charge >= 0.3 is 0 Å². The van der Waals surface area contributed by atoms with Crippen molar-refractivity contribution in [2.24, 2.45) is 0 Å². The lowest BCUT2D eigenvalue weighted by molar-refractivity contribution is 0.436. The second-order valence-electron chi connectivity index (χ2n) is 4.44. The fraction of sp³-hybridized carbons (Fsp3) is 0. The Balaban J connectivity index is 2.21. The Labute approximate surface area is 133 Å². The summed E-state index contributed by atoms with van der Waals surface area (Å²) >= 11 is 9.26. The maximum absolute atomic E-state index is 13.6. The van der Waals surface area contributed by atoms with Gasteiger partial charge in [-0.1, -0.05) is 44.8 Å². The number of aromatic nitrogens is 1. The average Bonchev–Trinajstić information content (AvgIpc) is 2.79. The number of nitrogen functional groups attached to an aromatic ring is 1. The van der Waals surface area contributed by atoms with E-state index in [-0.39, 0.29) is 11.6 Å². The lowest BCUT2D eigenvalue weighted by Crippen LogP contribution is -1.89. The Morgan fingerprint density at radius 1 is 1.14 bits per heavy atom. The summed E-state index contributed by atoms with van der Waals surface area (Å²) in [6, 6.07) is 11.6. The lowest BCUT2D eigenvalue weighted by atomic mass is 10.0. The van der Waals surface area contributed by atoms with Crippen molar-refractivity contribution in [1.82, 2.24) is 5.16 Å². The van der Waals surface area contributed by atoms with E-state index in [1.54, 1.807) is 24.3 Å². The summed E-state index contributed by atoms with van der Waals surface area (Å²) in [4.78, 5) is 0. The smallest absolute Gasteiger partial charge is 0.177 e. The summed E-state index contributed by atoms with van der Waals surface area (Å²) in [5.74, 6) is 0.244. The van der Waals surface area contributed by atoms with E-state index in [0.29, 0.717) is 26.4 Å². The van der Waals surface area contributed by atoms with Crippen molar-refractivity contribution in [2.75, 3.05) is 5.73 Å². The van der Waals surface area contributed by atoms with Crippen molar-refractivity contribution < 1.29 is 8.91 Å². The van der Waals surface area contributed by atoms with Gasteiger partial charge in [0, 0.05) is 15.1 Å². The van der Waals surface area contributed by atoms with E-state index in [1.807, 2.05) is 6.07 Å². The van der Waals surface area contributed by atoms with E-state index in [9.17, 15) is 4.39 Å². The third-order valence-electron chi connectivity index (χ3n) is 2.96. The van der Waals surface area contributed by atoms with Crippen LogP contribution in [0.2, 0.25) is 5.02 Å². The van der Waals surface area contributed by atoms with Crippen LogP contribution >= 0.6 is 27.5 Å². The number of benzene rings is 2. The highest BCUT2D eigenvalue weighted by Crippen LogP contribution is 2.38. The fourth-order valence-corrected chi connectivity index (χ4v) is 2.76. The summed E-state index contributed by atoms with van der Waals surface area (Å²) in [5.41, 5.74) is 7.78. The van der Waals surface area contributed by atoms with E-state index in [2.05, 4.69) is 21.1 Å². The topological polar surface area (TPSA) is 52.0 Å². The van der Waals surface area contributed by atoms with Crippen molar-refractivity contribution in [3.63, 3.8) is 0 Å². The molecule has 6 heteroatoms. The Bertz CT molecular complexity index is 799. The highest BCUT2D eigenvalue weighted by Gasteiger charge is 2.18. The van der Waals surface area contributed by atoms with Crippen LogP contribution in [0.15, 0.2) is 51.5 Å². The molecule has 0 amide bonds. The molecule has 0 aliphatic heterocycles. The SMILES string of the molecule is Nc1noc(-c2cc(F)cc(Br)c2)c1-c1cccc(Cl)c1. The maximum atomic E-state index is 13.6. The average molecular weight is 368 g/mol. The summed E-state index contributed by atoms with van der Waals surface area (Å²) in [6.45, 7) is 0. The molecule has 1 aromatic heterocycles. The van der Waals surface area contributed by atoms with Gasteiger partial charge in [0.05, 0.1) is 5.56 Å². The minimum absolute atomic E-state index is 0.229. The molecular weight excluding hydrogens is 359 g/mol. The Kier molecular flexibility index (Phi) is 3.69. The molecule has 3 rings (SSSR count). The molecule has 2 N–H and O–H groups in total. The second kappa shape index (κ2) is 5.50. The van der Waals surface area contributed by atoms with E-state index in [4.69, 9.17) is 21.9 Å². The molecule has 0 spiro atoms. The summed E-state index contributed by atoms with van der Waals surface area (Å²) in [7, 11) is 0. The molecule has 1 heterocycles. The van der Waals surface area contributed by atoms with E-state index in [0.717, 1.165) is 5.56 Å². The van der Waals surface area contributed by atoms with Crippen molar-refractivity contribution in [3.05, 3.63) is 57.8 Å². The normalized spacial score (nSPS) is 10.8. The fourth-order valence-electron chi connectivity index (χ4n) is 2.11. The van der Waals surface area contributed by atoms with Gasteiger partial charge in [-0.15, -0.1) is 0 Å². The molecule has 0 aliphatic rings. The zero-order valence-corrected chi connectivity index (χ0v) is 13.0. The summed E-state index contributed by atoms with van der Waals surface area (Å²) in [5, 5.41) is 4.35. The molecule has 0 unspecified atom stereocenters. The van der Waals surface area contributed by atoms with Gasteiger partial charge < -0.3 is 10.3 Å². The molecule has 21 heavy (non-hydrogen) atoms. The third kappa shape index (κ3) is 2.80. The quantitative estimate of drug-likeness (QED) is 0.682. The summed E-state index contributed by atoms with van der Waals surface area (Å²) in [6.07, 6.45) is 0. The van der Waals surface area contributed by atoms with Crippen LogP contribution in [0.5, 0.6) is 0 Å². The molecule has 3 aromatic rings. The molecule has 3 nitrogen and oxygen atoms in total. The second-order valence-corrected chi connectivity index (χ2v) is 5.79. The largest absolute Gasteiger partial charge is 0.380 e. The van der Waals surface area contributed by atoms with Gasteiger partial charge in [-0.25, -0.2) is 4.39 Å². The Morgan fingerprint density at radius 3 is 2.67 bits per heavy atom. The Hall–Kier alpha value is -1.85.